The first-order valence-electron chi connectivity index (χ1n) is 11.0. The van der Waals surface area contributed by atoms with E-state index in [1.165, 1.54) is 13.4 Å². The Morgan fingerprint density at radius 3 is 2.61 bits per heavy atom. The van der Waals surface area contributed by atoms with Gasteiger partial charge in [0.05, 0.1) is 24.9 Å². The van der Waals surface area contributed by atoms with Gasteiger partial charge in [0.1, 0.15) is 36.3 Å². The molecule has 0 fully saturated rings. The van der Waals surface area contributed by atoms with E-state index >= 15 is 0 Å². The van der Waals surface area contributed by atoms with Crippen LogP contribution in [0.2, 0.25) is 0 Å². The lowest BCUT2D eigenvalue weighted by Crippen LogP contribution is -2.20. The number of hydrogen-bond acceptors (Lipinski definition) is 9. The summed E-state index contributed by atoms with van der Waals surface area (Å²) in [6.45, 7) is 2.39. The van der Waals surface area contributed by atoms with E-state index in [2.05, 4.69) is 36.8 Å². The Labute approximate surface area is 207 Å². The first-order chi connectivity index (χ1) is 17.5. The normalized spacial score (nSPS) is 11.3. The third-order valence-corrected chi connectivity index (χ3v) is 5.26. The molecule has 11 heteroatoms. The maximum atomic E-state index is 11.9. The minimum absolute atomic E-state index is 0.209. The minimum atomic E-state index is -0.235. The SMILES string of the molecule is CNC(=O)c1ccc(Nc2ncc(-c3ccc(C#N)c(O[C@@H](C)Cn4cncn4)c3)cn2)c(OC)c1. The minimum Gasteiger partial charge on any atom is -0.495 e. The van der Waals surface area contributed by atoms with Gasteiger partial charge in [0.25, 0.3) is 5.91 Å². The molecule has 0 saturated carbocycles. The van der Waals surface area contributed by atoms with Crippen LogP contribution in [-0.2, 0) is 6.54 Å². The fraction of sp³-hybridized carbons (Fsp3) is 0.200. The number of aromatic nitrogens is 5. The van der Waals surface area contributed by atoms with Crippen molar-refractivity contribution in [2.75, 3.05) is 19.5 Å². The molecule has 11 nitrogen and oxygen atoms in total. The summed E-state index contributed by atoms with van der Waals surface area (Å²) < 4.78 is 13.1. The predicted octanol–water partition coefficient (Wildman–Crippen LogP) is 3.19. The summed E-state index contributed by atoms with van der Waals surface area (Å²) in [5, 5.41) is 19.3. The van der Waals surface area contributed by atoms with Gasteiger partial charge in [0.2, 0.25) is 5.95 Å². The molecule has 0 unspecified atom stereocenters. The van der Waals surface area contributed by atoms with Gasteiger partial charge in [0, 0.05) is 30.6 Å². The summed E-state index contributed by atoms with van der Waals surface area (Å²) in [6.07, 6.45) is 6.18. The monoisotopic (exact) mass is 484 g/mol. The molecule has 182 valence electrons. The highest BCUT2D eigenvalue weighted by molar-refractivity contribution is 5.95. The standard InChI is InChI=1S/C25H24N8O3/c1-16(13-33-15-28-14-31-33)36-22-8-17(4-5-19(22)10-26)20-11-29-25(30-12-20)32-21-7-6-18(24(34)27-2)9-23(21)35-3/h4-9,11-12,14-16H,13H2,1-3H3,(H,27,34)(H,29,30,32)/t16-/m0/s1. The predicted molar refractivity (Wildman–Crippen MR) is 132 cm³/mol. The number of nitrogens with zero attached hydrogens (tertiary/aromatic N) is 6. The summed E-state index contributed by atoms with van der Waals surface area (Å²) in [4.78, 5) is 24.6. The second kappa shape index (κ2) is 11.0. The number of anilines is 2. The molecule has 4 rings (SSSR count). The summed E-state index contributed by atoms with van der Waals surface area (Å²) in [5.41, 5.74) is 3.08. The van der Waals surface area contributed by atoms with Crippen molar-refractivity contribution in [3.05, 3.63) is 72.6 Å². The van der Waals surface area contributed by atoms with Crippen LogP contribution in [0.15, 0.2) is 61.4 Å². The van der Waals surface area contributed by atoms with Gasteiger partial charge in [-0.3, -0.25) is 4.79 Å². The van der Waals surface area contributed by atoms with Crippen LogP contribution in [-0.4, -0.2) is 50.9 Å². The Bertz CT molecular complexity index is 1380. The van der Waals surface area contributed by atoms with Gasteiger partial charge < -0.3 is 20.1 Å². The Kier molecular flexibility index (Phi) is 7.36. The quantitative estimate of drug-likeness (QED) is 0.366. The maximum Gasteiger partial charge on any atom is 0.251 e. The smallest absolute Gasteiger partial charge is 0.251 e. The summed E-state index contributed by atoms with van der Waals surface area (Å²) in [5.74, 6) is 1.10. The molecule has 1 atom stereocenters. The van der Waals surface area contributed by atoms with E-state index < -0.39 is 0 Å². The van der Waals surface area contributed by atoms with Crippen molar-refractivity contribution in [3.8, 4) is 28.7 Å². The highest BCUT2D eigenvalue weighted by Gasteiger charge is 2.13. The Morgan fingerprint density at radius 1 is 1.14 bits per heavy atom. The van der Waals surface area contributed by atoms with Crippen LogP contribution >= 0.6 is 0 Å². The number of nitriles is 1. The number of ether oxygens (including phenoxy) is 2. The molecule has 2 aromatic carbocycles. The van der Waals surface area contributed by atoms with Crippen molar-refractivity contribution in [1.82, 2.24) is 30.0 Å². The molecule has 1 amide bonds. The molecule has 2 aromatic heterocycles. The second-order valence-corrected chi connectivity index (χ2v) is 7.78. The van der Waals surface area contributed by atoms with Crippen molar-refractivity contribution in [3.63, 3.8) is 0 Å². The Balaban J connectivity index is 1.51. The summed E-state index contributed by atoms with van der Waals surface area (Å²) in [7, 11) is 3.09. The van der Waals surface area contributed by atoms with Gasteiger partial charge in [-0.1, -0.05) is 6.07 Å². The molecule has 0 aliphatic carbocycles. The van der Waals surface area contributed by atoms with Crippen LogP contribution in [0, 0.1) is 11.3 Å². The molecule has 0 radical (unpaired) electrons. The van der Waals surface area contributed by atoms with E-state index in [1.54, 1.807) is 60.8 Å². The summed E-state index contributed by atoms with van der Waals surface area (Å²) >= 11 is 0. The van der Waals surface area contributed by atoms with Gasteiger partial charge in [-0.05, 0) is 42.8 Å². The Hall–Kier alpha value is -4.98. The molecular formula is C25H24N8O3. The van der Waals surface area contributed by atoms with Gasteiger partial charge in [-0.25, -0.2) is 19.6 Å². The van der Waals surface area contributed by atoms with Crippen LogP contribution in [0.4, 0.5) is 11.6 Å². The molecule has 0 aliphatic rings. The van der Waals surface area contributed by atoms with E-state index in [1.807, 2.05) is 13.0 Å². The van der Waals surface area contributed by atoms with Crippen molar-refractivity contribution in [2.24, 2.45) is 0 Å². The van der Waals surface area contributed by atoms with Crippen LogP contribution < -0.4 is 20.1 Å². The third kappa shape index (κ3) is 5.56. The topological polar surface area (TPSA) is 140 Å². The molecule has 0 bridgehead atoms. The molecule has 0 aliphatic heterocycles. The number of carbonyl (C=O) groups excluding carboxylic acids is 1. The van der Waals surface area contributed by atoms with Crippen LogP contribution in [0.1, 0.15) is 22.8 Å². The second-order valence-electron chi connectivity index (χ2n) is 7.78. The molecule has 0 spiro atoms. The fourth-order valence-corrected chi connectivity index (χ4v) is 3.48. The maximum absolute atomic E-state index is 11.9. The van der Waals surface area contributed by atoms with Gasteiger partial charge >= 0.3 is 0 Å². The van der Waals surface area contributed by atoms with Crippen molar-refractivity contribution < 1.29 is 14.3 Å². The van der Waals surface area contributed by atoms with Gasteiger partial charge in [-0.2, -0.15) is 10.4 Å². The van der Waals surface area contributed by atoms with Gasteiger partial charge in [-0.15, -0.1) is 0 Å². The number of nitrogens with one attached hydrogen (secondary N) is 2. The first-order valence-corrected chi connectivity index (χ1v) is 11.0. The molecule has 36 heavy (non-hydrogen) atoms. The van der Waals surface area contributed by atoms with Crippen molar-refractivity contribution in [1.29, 1.82) is 5.26 Å². The zero-order valence-electron chi connectivity index (χ0n) is 20.0. The first kappa shape index (κ1) is 24.2. The van der Waals surface area contributed by atoms with E-state index in [4.69, 9.17) is 9.47 Å². The zero-order valence-corrected chi connectivity index (χ0v) is 20.0. The highest BCUT2D eigenvalue weighted by Crippen LogP contribution is 2.30. The average Bonchev–Trinajstić information content (AvgIpc) is 3.41. The number of hydrogen-bond donors (Lipinski definition) is 2. The molecule has 0 saturated heterocycles. The number of rotatable bonds is 9. The number of carbonyl (C=O) groups is 1. The van der Waals surface area contributed by atoms with Crippen LogP contribution in [0.3, 0.4) is 0 Å². The number of benzene rings is 2. The number of amides is 1. The van der Waals surface area contributed by atoms with Crippen molar-refractivity contribution >= 4 is 17.5 Å². The lowest BCUT2D eigenvalue weighted by molar-refractivity contribution is 0.0962. The van der Waals surface area contributed by atoms with E-state index in [0.29, 0.717) is 40.8 Å². The number of methoxy groups -OCH3 is 1. The van der Waals surface area contributed by atoms with E-state index in [9.17, 15) is 10.1 Å². The summed E-state index contributed by atoms with van der Waals surface area (Å²) in [6, 6.07) is 12.5. The Morgan fingerprint density at radius 2 is 1.94 bits per heavy atom. The molecule has 4 aromatic rings. The van der Waals surface area contributed by atoms with Gasteiger partial charge in [0.15, 0.2) is 0 Å². The fourth-order valence-electron chi connectivity index (χ4n) is 3.48. The molecular weight excluding hydrogens is 460 g/mol. The average molecular weight is 485 g/mol. The van der Waals surface area contributed by atoms with E-state index in [0.717, 1.165) is 11.1 Å². The third-order valence-electron chi connectivity index (χ3n) is 5.26. The largest absolute Gasteiger partial charge is 0.495 e. The zero-order chi connectivity index (χ0) is 25.5. The van der Waals surface area contributed by atoms with Crippen LogP contribution in [0.5, 0.6) is 11.5 Å². The van der Waals surface area contributed by atoms with Crippen molar-refractivity contribution in [2.45, 2.75) is 19.6 Å². The molecule has 2 heterocycles. The highest BCUT2D eigenvalue weighted by atomic mass is 16.5. The molecule has 2 N–H and O–H groups in total. The lowest BCUT2D eigenvalue weighted by Gasteiger charge is -2.16. The van der Waals surface area contributed by atoms with Crippen LogP contribution in [0.25, 0.3) is 11.1 Å². The lowest BCUT2D eigenvalue weighted by atomic mass is 10.1. The van der Waals surface area contributed by atoms with E-state index in [-0.39, 0.29) is 12.0 Å².